The fourth-order valence-corrected chi connectivity index (χ4v) is 2.06. The van der Waals surface area contributed by atoms with Crippen LogP contribution in [0.5, 0.6) is 0 Å². The molecule has 2 rings (SSSR count). The van der Waals surface area contributed by atoms with Crippen LogP contribution < -0.4 is 5.32 Å². The van der Waals surface area contributed by atoms with Crippen LogP contribution in [-0.4, -0.2) is 11.7 Å². The monoisotopic (exact) mass is 293 g/mol. The lowest BCUT2D eigenvalue weighted by Crippen LogP contribution is -2.11. The molecule has 22 heavy (non-hydrogen) atoms. The van der Waals surface area contributed by atoms with E-state index < -0.39 is 0 Å². The smallest absolute Gasteiger partial charge is 0.250 e. The molecular formula is C19H19NO2. The molecule has 0 radical (unpaired) electrons. The van der Waals surface area contributed by atoms with Crippen LogP contribution >= 0.6 is 0 Å². The van der Waals surface area contributed by atoms with Gasteiger partial charge in [-0.3, -0.25) is 9.59 Å². The minimum atomic E-state index is -0.192. The Morgan fingerprint density at radius 2 is 1.59 bits per heavy atom. The molecule has 0 saturated heterocycles. The third kappa shape index (κ3) is 3.70. The first kappa shape index (κ1) is 15.7. The summed E-state index contributed by atoms with van der Waals surface area (Å²) < 4.78 is 0. The Hall–Kier alpha value is -2.68. The molecule has 0 aliphatic heterocycles. The number of nitrogens with one attached hydrogen (secondary N) is 1. The number of hydrogen-bond donors (Lipinski definition) is 1. The number of ketones is 1. The summed E-state index contributed by atoms with van der Waals surface area (Å²) in [6.45, 7) is 10.7. The number of carbonyl (C=O) groups is 2. The second kappa shape index (κ2) is 6.39. The van der Waals surface area contributed by atoms with Crippen molar-refractivity contribution < 1.29 is 9.59 Å². The average Bonchev–Trinajstić information content (AvgIpc) is 2.47. The minimum absolute atomic E-state index is 0.0460. The first-order valence-corrected chi connectivity index (χ1v) is 7.05. The fraction of sp³-hybridized carbons (Fsp3) is 0.158. The number of carbonyl (C=O) groups excluding carboxylic acids is 2. The Morgan fingerprint density at radius 3 is 2.23 bits per heavy atom. The Balaban J connectivity index is 2.25. The first-order valence-electron chi connectivity index (χ1n) is 7.05. The van der Waals surface area contributed by atoms with Gasteiger partial charge in [-0.25, -0.2) is 0 Å². The summed E-state index contributed by atoms with van der Waals surface area (Å²) in [5.74, 6) is -0.146. The van der Waals surface area contributed by atoms with Crippen molar-refractivity contribution in [2.24, 2.45) is 0 Å². The first-order chi connectivity index (χ1) is 10.4. The van der Waals surface area contributed by atoms with Gasteiger partial charge >= 0.3 is 0 Å². The molecular weight excluding hydrogens is 274 g/mol. The molecule has 1 amide bonds. The molecule has 0 fully saturated rings. The Labute approximate surface area is 130 Å². The van der Waals surface area contributed by atoms with Crippen LogP contribution in [0.15, 0.2) is 60.7 Å². The van der Waals surface area contributed by atoms with E-state index in [1.807, 2.05) is 36.4 Å². The molecule has 0 unspecified atom stereocenters. The Morgan fingerprint density at radius 1 is 0.955 bits per heavy atom. The number of fused-ring (bicyclic) bond motifs is 1. The molecule has 112 valence electrons. The van der Waals surface area contributed by atoms with Gasteiger partial charge in [-0.2, -0.15) is 0 Å². The van der Waals surface area contributed by atoms with Crippen molar-refractivity contribution in [1.29, 1.82) is 0 Å². The van der Waals surface area contributed by atoms with Crippen LogP contribution in [0.1, 0.15) is 19.4 Å². The van der Waals surface area contributed by atoms with Gasteiger partial charge < -0.3 is 5.32 Å². The molecule has 0 atom stereocenters. The Kier molecular flexibility index (Phi) is 4.56. The van der Waals surface area contributed by atoms with Gasteiger partial charge in [-0.05, 0) is 47.9 Å². The normalized spacial score (nSPS) is 10.3. The lowest BCUT2D eigenvalue weighted by atomic mass is 10.0. The summed E-state index contributed by atoms with van der Waals surface area (Å²) in [5, 5.41) is 4.82. The highest BCUT2D eigenvalue weighted by molar-refractivity contribution is 6.04. The predicted octanol–water partition coefficient (Wildman–Crippen LogP) is 4.04. The summed E-state index contributed by atoms with van der Waals surface area (Å²) in [5.41, 5.74) is 2.72. The quantitative estimate of drug-likeness (QED) is 0.846. The van der Waals surface area contributed by atoms with E-state index in [2.05, 4.69) is 18.5 Å². The number of rotatable bonds is 5. The van der Waals surface area contributed by atoms with Crippen molar-refractivity contribution in [3.05, 3.63) is 66.3 Å². The van der Waals surface area contributed by atoms with Crippen molar-refractivity contribution in [2.75, 3.05) is 5.32 Å². The van der Waals surface area contributed by atoms with Gasteiger partial charge in [0.05, 0.1) is 0 Å². The summed E-state index contributed by atoms with van der Waals surface area (Å²) in [4.78, 5) is 23.4. The largest absolute Gasteiger partial charge is 0.322 e. The molecule has 2 aromatic carbocycles. The average molecular weight is 293 g/mol. The maximum atomic E-state index is 11.7. The zero-order valence-electron chi connectivity index (χ0n) is 12.9. The summed E-state index contributed by atoms with van der Waals surface area (Å²) >= 11 is 0. The van der Waals surface area contributed by atoms with Crippen molar-refractivity contribution in [1.82, 2.24) is 0 Å². The maximum Gasteiger partial charge on any atom is 0.250 e. The lowest BCUT2D eigenvalue weighted by Gasteiger charge is -2.08. The number of benzene rings is 2. The topological polar surface area (TPSA) is 46.2 Å². The predicted molar refractivity (Wildman–Crippen MR) is 90.9 cm³/mol. The number of allylic oxidation sites excluding steroid dienone is 1. The van der Waals surface area contributed by atoms with E-state index in [0.29, 0.717) is 17.6 Å². The lowest BCUT2D eigenvalue weighted by molar-refractivity contribution is -0.115. The van der Waals surface area contributed by atoms with Gasteiger partial charge in [0.25, 0.3) is 5.91 Å². The summed E-state index contributed by atoms with van der Waals surface area (Å²) in [6.07, 6.45) is 0.361. The third-order valence-electron chi connectivity index (χ3n) is 3.39. The second-order valence-electron chi connectivity index (χ2n) is 5.51. The van der Waals surface area contributed by atoms with E-state index in [9.17, 15) is 9.59 Å². The molecule has 0 saturated carbocycles. The highest BCUT2D eigenvalue weighted by Crippen LogP contribution is 2.21. The maximum absolute atomic E-state index is 11.7. The molecule has 0 spiro atoms. The van der Waals surface area contributed by atoms with Crippen molar-refractivity contribution in [3.63, 3.8) is 0 Å². The molecule has 0 aromatic heterocycles. The van der Waals surface area contributed by atoms with Crippen LogP contribution in [-0.2, 0) is 16.0 Å². The Bertz CT molecular complexity index is 720. The van der Waals surface area contributed by atoms with Crippen LogP contribution in [0.25, 0.3) is 10.8 Å². The highest BCUT2D eigenvalue weighted by Gasteiger charge is 2.06. The zero-order valence-corrected chi connectivity index (χ0v) is 12.9. The molecule has 1 N–H and O–H groups in total. The zero-order chi connectivity index (χ0) is 16.3. The molecule has 3 nitrogen and oxygen atoms in total. The van der Waals surface area contributed by atoms with Crippen LogP contribution in [0.2, 0.25) is 0 Å². The standard InChI is InChI=1S/C19H19NO2/c1-12(2)18(21)10-14-5-6-16-11-17(8-7-15(16)9-14)20-19(22)13(3)4/h5-9,11H,1,3,10H2,2,4H3,(H,20,22). The molecule has 0 bridgehead atoms. The van der Waals surface area contributed by atoms with Crippen LogP contribution in [0.4, 0.5) is 5.69 Å². The summed E-state index contributed by atoms with van der Waals surface area (Å²) in [7, 11) is 0. The van der Waals surface area contributed by atoms with Crippen LogP contribution in [0.3, 0.4) is 0 Å². The number of anilines is 1. The van der Waals surface area contributed by atoms with Gasteiger partial charge in [0.2, 0.25) is 0 Å². The van der Waals surface area contributed by atoms with Crippen LogP contribution in [0, 0.1) is 0 Å². The van der Waals surface area contributed by atoms with E-state index in [1.54, 1.807) is 13.8 Å². The molecule has 2 aromatic rings. The van der Waals surface area contributed by atoms with Gasteiger partial charge in [0.15, 0.2) is 5.78 Å². The van der Waals surface area contributed by atoms with Crippen molar-refractivity contribution in [3.8, 4) is 0 Å². The highest BCUT2D eigenvalue weighted by atomic mass is 16.1. The van der Waals surface area contributed by atoms with Crippen molar-refractivity contribution >= 4 is 28.2 Å². The van der Waals surface area contributed by atoms with Crippen molar-refractivity contribution in [2.45, 2.75) is 20.3 Å². The fourth-order valence-electron chi connectivity index (χ4n) is 2.06. The second-order valence-corrected chi connectivity index (χ2v) is 5.51. The number of Topliss-reactive ketones (excluding diaryl/α,β-unsaturated/α-hetero) is 1. The minimum Gasteiger partial charge on any atom is -0.322 e. The number of amides is 1. The molecule has 0 heterocycles. The van der Waals surface area contributed by atoms with E-state index in [4.69, 9.17) is 0 Å². The van der Waals surface area contributed by atoms with E-state index in [0.717, 1.165) is 22.0 Å². The van der Waals surface area contributed by atoms with Gasteiger partial charge in [-0.1, -0.05) is 37.4 Å². The molecule has 3 heteroatoms. The molecule has 0 aliphatic rings. The molecule has 0 aliphatic carbocycles. The van der Waals surface area contributed by atoms with Gasteiger partial charge in [0, 0.05) is 17.7 Å². The summed E-state index contributed by atoms with van der Waals surface area (Å²) in [6, 6.07) is 11.5. The third-order valence-corrected chi connectivity index (χ3v) is 3.39. The van der Waals surface area contributed by atoms with Gasteiger partial charge in [0.1, 0.15) is 0 Å². The van der Waals surface area contributed by atoms with E-state index in [1.165, 1.54) is 0 Å². The van der Waals surface area contributed by atoms with E-state index in [-0.39, 0.29) is 11.7 Å². The number of hydrogen-bond acceptors (Lipinski definition) is 2. The van der Waals surface area contributed by atoms with Gasteiger partial charge in [-0.15, -0.1) is 0 Å². The van der Waals surface area contributed by atoms with E-state index >= 15 is 0 Å². The SMILES string of the molecule is C=C(C)C(=O)Cc1ccc2cc(NC(=O)C(=C)C)ccc2c1.